The van der Waals surface area contributed by atoms with Crippen LogP contribution in [0.15, 0.2) is 41.4 Å². The summed E-state index contributed by atoms with van der Waals surface area (Å²) in [6.07, 6.45) is -5.90. The molecule has 13 heteroatoms. The zero-order chi connectivity index (χ0) is 28.3. The van der Waals surface area contributed by atoms with E-state index in [4.69, 9.17) is 14.6 Å². The second-order valence-corrected chi connectivity index (χ2v) is 9.35. The topological polar surface area (TPSA) is 104 Å². The molecule has 1 saturated heterocycles. The first-order chi connectivity index (χ1) is 18.5. The van der Waals surface area contributed by atoms with Crippen LogP contribution in [-0.4, -0.2) is 78.8 Å². The van der Waals surface area contributed by atoms with Crippen molar-refractivity contribution >= 4 is 34.8 Å². The monoisotopic (exact) mass is 552 g/mol. The predicted octanol–water partition coefficient (Wildman–Crippen LogP) is 4.37. The predicted molar refractivity (Wildman–Crippen MR) is 134 cm³/mol. The van der Waals surface area contributed by atoms with E-state index < -0.39 is 42.1 Å². The van der Waals surface area contributed by atoms with Gasteiger partial charge in [0.1, 0.15) is 11.7 Å². The van der Waals surface area contributed by atoms with Crippen molar-refractivity contribution in [1.29, 1.82) is 0 Å². The highest BCUT2D eigenvalue weighted by Gasteiger charge is 2.39. The Morgan fingerprint density at radius 1 is 1.13 bits per heavy atom. The number of nitrogens with one attached hydrogen (secondary N) is 1. The van der Waals surface area contributed by atoms with E-state index in [-0.39, 0.29) is 42.6 Å². The minimum absolute atomic E-state index is 0.0551. The Balaban J connectivity index is 1.83. The number of carbonyl (C=O) groups is 2. The molecule has 39 heavy (non-hydrogen) atoms. The van der Waals surface area contributed by atoms with Crippen molar-refractivity contribution in [2.75, 3.05) is 39.2 Å². The van der Waals surface area contributed by atoms with Crippen molar-refractivity contribution in [3.8, 4) is 0 Å². The van der Waals surface area contributed by atoms with E-state index in [1.165, 1.54) is 18.2 Å². The zero-order valence-electron chi connectivity index (χ0n) is 21.3. The number of esters is 1. The smallest absolute Gasteiger partial charge is 0.416 e. The molecule has 2 N–H and O–H groups in total. The lowest BCUT2D eigenvalue weighted by atomic mass is 10.0. The average molecular weight is 553 g/mol. The summed E-state index contributed by atoms with van der Waals surface area (Å²) in [6, 6.07) is 6.82. The number of hydrogen-bond donors (Lipinski definition) is 2. The Bertz CT molecular complexity index is 1270. The number of nitrogens with zero attached hydrogens (tertiary/aromatic N) is 3. The first-order valence-electron chi connectivity index (χ1n) is 12.2. The lowest BCUT2D eigenvalue weighted by Gasteiger charge is -2.45. The number of methoxy groups -OCH3 is 1. The third-order valence-electron chi connectivity index (χ3n) is 6.60. The molecule has 2 aliphatic rings. The fourth-order valence-electron chi connectivity index (χ4n) is 4.54. The summed E-state index contributed by atoms with van der Waals surface area (Å²) in [5.41, 5.74) is 0.0111. The number of carboxylic acids is 1. The third kappa shape index (κ3) is 6.66. The fourth-order valence-corrected chi connectivity index (χ4v) is 4.54. The number of carboxylic acid groups (broad SMARTS) is 1. The van der Waals surface area contributed by atoms with E-state index in [2.05, 4.69) is 10.3 Å². The first kappa shape index (κ1) is 28.3. The molecule has 2 aromatic carbocycles. The van der Waals surface area contributed by atoms with Crippen LogP contribution in [-0.2, 0) is 25.2 Å². The van der Waals surface area contributed by atoms with Gasteiger partial charge in [-0.2, -0.15) is 13.2 Å². The van der Waals surface area contributed by atoms with Gasteiger partial charge >= 0.3 is 18.1 Å². The fraction of sp³-hybridized carbons (Fsp3) is 0.423. The third-order valence-corrected chi connectivity index (χ3v) is 6.60. The van der Waals surface area contributed by atoms with E-state index in [0.717, 1.165) is 18.2 Å². The van der Waals surface area contributed by atoms with Crippen molar-refractivity contribution in [3.05, 3.63) is 53.3 Å². The maximum Gasteiger partial charge on any atom is 0.416 e. The molecule has 0 saturated carbocycles. The number of benzene rings is 2. The summed E-state index contributed by atoms with van der Waals surface area (Å²) in [4.78, 5) is 31.6. The van der Waals surface area contributed by atoms with Gasteiger partial charge in [-0.15, -0.1) is 0 Å². The highest BCUT2D eigenvalue weighted by Crippen LogP contribution is 2.39. The van der Waals surface area contributed by atoms with Gasteiger partial charge in [-0.1, -0.05) is 0 Å². The second kappa shape index (κ2) is 11.6. The van der Waals surface area contributed by atoms with Gasteiger partial charge in [-0.3, -0.25) is 14.5 Å². The van der Waals surface area contributed by atoms with E-state index in [0.29, 0.717) is 24.4 Å². The molecule has 2 heterocycles. The quantitative estimate of drug-likeness (QED) is 0.386. The number of likely N-dealkylation sites (N-methyl/N-ethyl adjacent to an activating group) is 1. The Kier molecular flexibility index (Phi) is 8.40. The summed E-state index contributed by atoms with van der Waals surface area (Å²) >= 11 is 0. The summed E-state index contributed by atoms with van der Waals surface area (Å²) < 4.78 is 66.3. The molecule has 0 amide bonds. The van der Waals surface area contributed by atoms with Gasteiger partial charge in [-0.05, 0) is 43.8 Å². The van der Waals surface area contributed by atoms with Gasteiger partial charge in [0.2, 0.25) is 0 Å². The van der Waals surface area contributed by atoms with Crippen LogP contribution >= 0.6 is 0 Å². The van der Waals surface area contributed by atoms with Gasteiger partial charge in [0.25, 0.3) is 0 Å². The number of hydrogen-bond acceptors (Lipinski definition) is 8. The summed E-state index contributed by atoms with van der Waals surface area (Å²) in [5, 5.41) is 12.0. The lowest BCUT2D eigenvalue weighted by molar-refractivity contribution is -0.163. The molecule has 2 atom stereocenters. The Labute approximate surface area is 222 Å². The number of halogens is 4. The van der Waals surface area contributed by atoms with E-state index in [1.54, 1.807) is 12.0 Å². The van der Waals surface area contributed by atoms with Crippen molar-refractivity contribution < 1.29 is 41.7 Å². The summed E-state index contributed by atoms with van der Waals surface area (Å²) in [5.74, 6) is -2.48. The van der Waals surface area contributed by atoms with E-state index in [1.807, 2.05) is 11.9 Å². The number of carbonyl (C=O) groups excluding carboxylic acids is 1. The lowest BCUT2D eigenvalue weighted by Crippen LogP contribution is -2.60. The zero-order valence-corrected chi connectivity index (χ0v) is 21.3. The van der Waals surface area contributed by atoms with Gasteiger partial charge in [0, 0.05) is 43.6 Å². The Hall–Kier alpha value is -3.71. The van der Waals surface area contributed by atoms with Crippen LogP contribution in [0.2, 0.25) is 0 Å². The van der Waals surface area contributed by atoms with Crippen molar-refractivity contribution in [2.45, 2.75) is 37.7 Å². The molecule has 0 radical (unpaired) electrons. The minimum Gasteiger partial charge on any atom is -0.481 e. The molecule has 1 fully saturated rings. The minimum atomic E-state index is -4.64. The molecule has 0 bridgehead atoms. The molecule has 4 rings (SSSR count). The van der Waals surface area contributed by atoms with Gasteiger partial charge in [0.15, 0.2) is 6.23 Å². The SMILES string of the molecule is COCC[C@H]1CN(C2=Nc3cc(F)ccc3Nc3ccc(C(F)(F)F)cc32)C(OC(=O)CCC(=O)O)CN1C. The maximum absolute atomic E-state index is 14.2. The summed E-state index contributed by atoms with van der Waals surface area (Å²) in [7, 11) is 3.36. The molecule has 210 valence electrons. The maximum atomic E-state index is 14.2. The molecule has 2 aromatic rings. The molecular weight excluding hydrogens is 524 g/mol. The number of ether oxygens (including phenoxy) is 2. The van der Waals surface area contributed by atoms with Gasteiger partial charge in [-0.25, -0.2) is 9.38 Å². The average Bonchev–Trinajstić information content (AvgIpc) is 3.02. The van der Waals surface area contributed by atoms with E-state index >= 15 is 0 Å². The molecule has 2 aliphatic heterocycles. The van der Waals surface area contributed by atoms with Crippen LogP contribution in [0.1, 0.15) is 30.4 Å². The number of aliphatic carboxylic acids is 1. The van der Waals surface area contributed by atoms with Crippen molar-refractivity contribution in [2.24, 2.45) is 4.99 Å². The Morgan fingerprint density at radius 2 is 1.87 bits per heavy atom. The highest BCUT2D eigenvalue weighted by molar-refractivity contribution is 6.08. The Morgan fingerprint density at radius 3 is 2.56 bits per heavy atom. The molecule has 1 unspecified atom stereocenters. The normalized spacial score (nSPS) is 19.3. The second-order valence-electron chi connectivity index (χ2n) is 9.35. The molecule has 9 nitrogen and oxygen atoms in total. The van der Waals surface area contributed by atoms with Crippen LogP contribution in [0.5, 0.6) is 0 Å². The van der Waals surface area contributed by atoms with Crippen LogP contribution in [0, 0.1) is 5.82 Å². The molecule has 0 aromatic heterocycles. The number of anilines is 2. The van der Waals surface area contributed by atoms with Crippen molar-refractivity contribution in [1.82, 2.24) is 9.80 Å². The van der Waals surface area contributed by atoms with Crippen LogP contribution < -0.4 is 5.32 Å². The molecular formula is C26H28F4N4O5. The standard InChI is InChI=1S/C26H28F4N4O5/c1-33-14-22(39-24(37)8-7-23(35)36)34(13-17(33)9-10-38-2)25-18-11-15(26(28,29)30)3-5-19(18)31-20-6-4-16(27)12-21(20)32-25/h3-6,11-12,17,22,31H,7-10,13-14H2,1-2H3,(H,35,36)/t17-,22?/m0/s1. The summed E-state index contributed by atoms with van der Waals surface area (Å²) in [6.45, 7) is 0.753. The number of piperazine rings is 1. The van der Waals surface area contributed by atoms with Crippen LogP contribution in [0.4, 0.5) is 34.6 Å². The van der Waals surface area contributed by atoms with Gasteiger partial charge < -0.3 is 24.8 Å². The number of alkyl halides is 3. The largest absolute Gasteiger partial charge is 0.481 e. The van der Waals surface area contributed by atoms with E-state index in [9.17, 15) is 27.2 Å². The molecule has 0 spiro atoms. The van der Waals surface area contributed by atoms with Crippen LogP contribution in [0.3, 0.4) is 0 Å². The molecule has 0 aliphatic carbocycles. The van der Waals surface area contributed by atoms with Crippen LogP contribution in [0.25, 0.3) is 0 Å². The van der Waals surface area contributed by atoms with Gasteiger partial charge in [0.05, 0.1) is 36.3 Å². The number of amidine groups is 1. The number of aliphatic imine (C=N–C) groups is 1. The number of rotatable bonds is 7. The number of fused-ring (bicyclic) bond motifs is 2. The first-order valence-corrected chi connectivity index (χ1v) is 12.2. The highest BCUT2D eigenvalue weighted by atomic mass is 19.4. The van der Waals surface area contributed by atoms with Crippen molar-refractivity contribution in [3.63, 3.8) is 0 Å².